The molecule has 0 saturated heterocycles. The lowest BCUT2D eigenvalue weighted by Gasteiger charge is -2.29. The summed E-state index contributed by atoms with van der Waals surface area (Å²) < 4.78 is 27.7. The van der Waals surface area contributed by atoms with Crippen molar-refractivity contribution in [3.63, 3.8) is 0 Å². The number of benzene rings is 1. The molecule has 0 amide bonds. The zero-order chi connectivity index (χ0) is 18.9. The zero-order valence-electron chi connectivity index (χ0n) is 14.2. The number of hydrogen-bond acceptors (Lipinski definition) is 6. The maximum absolute atomic E-state index is 13.2. The van der Waals surface area contributed by atoms with E-state index >= 15 is 0 Å². The molecule has 4 rings (SSSR count). The van der Waals surface area contributed by atoms with E-state index < -0.39 is 15.8 Å². The first-order valence-electron chi connectivity index (χ1n) is 8.22. The second-order valence-electron chi connectivity index (χ2n) is 5.93. The van der Waals surface area contributed by atoms with Crippen LogP contribution >= 0.6 is 22.7 Å². The Kier molecular flexibility index (Phi) is 4.86. The van der Waals surface area contributed by atoms with Crippen molar-refractivity contribution in [1.82, 2.24) is 5.32 Å². The number of allylic oxidation sites excluding steroid dienone is 1. The first-order chi connectivity index (χ1) is 13.1. The van der Waals surface area contributed by atoms with Gasteiger partial charge in [-0.2, -0.15) is 0 Å². The van der Waals surface area contributed by atoms with Crippen molar-refractivity contribution >= 4 is 44.2 Å². The Bertz CT molecular complexity index is 1080. The molecule has 1 aromatic carbocycles. The highest BCUT2D eigenvalue weighted by Gasteiger charge is 2.41. The Balaban J connectivity index is 1.69. The molecule has 3 aromatic rings. The number of sulfonamides is 1. The molecule has 1 aliphatic rings. The number of carbonyl (C=O) groups excluding carboxylic acids is 1. The van der Waals surface area contributed by atoms with E-state index in [1.54, 1.807) is 22.8 Å². The van der Waals surface area contributed by atoms with Gasteiger partial charge in [0.15, 0.2) is 4.91 Å². The molecule has 138 valence electrons. The van der Waals surface area contributed by atoms with Gasteiger partial charge in [-0.1, -0.05) is 36.4 Å². The van der Waals surface area contributed by atoms with Crippen molar-refractivity contribution in [2.24, 2.45) is 0 Å². The highest BCUT2D eigenvalue weighted by molar-refractivity contribution is 7.97. The summed E-state index contributed by atoms with van der Waals surface area (Å²) in [4.78, 5) is 14.1. The summed E-state index contributed by atoms with van der Waals surface area (Å²) in [6, 6.07) is 14.9. The van der Waals surface area contributed by atoms with Crippen LogP contribution in [-0.2, 0) is 23.1 Å². The van der Waals surface area contributed by atoms with Crippen LogP contribution in [0.4, 0.5) is 5.69 Å². The molecule has 0 unspecified atom stereocenters. The Morgan fingerprint density at radius 1 is 1.00 bits per heavy atom. The second kappa shape index (κ2) is 7.30. The molecular formula is C19H16N2O3S3. The number of fused-ring (bicyclic) bond motifs is 1. The third-order valence-electron chi connectivity index (χ3n) is 4.17. The highest BCUT2D eigenvalue weighted by Crippen LogP contribution is 2.39. The number of nitrogens with one attached hydrogen (secondary N) is 1. The normalized spacial score (nSPS) is 17.1. The minimum atomic E-state index is -3.94. The van der Waals surface area contributed by atoms with E-state index in [9.17, 15) is 13.2 Å². The van der Waals surface area contributed by atoms with Crippen LogP contribution in [0.1, 0.15) is 20.1 Å². The van der Waals surface area contributed by atoms with Gasteiger partial charge in [0.05, 0.1) is 12.2 Å². The van der Waals surface area contributed by atoms with E-state index in [-0.39, 0.29) is 11.4 Å². The van der Waals surface area contributed by atoms with E-state index in [1.807, 2.05) is 47.8 Å². The highest BCUT2D eigenvalue weighted by atomic mass is 32.2. The van der Waals surface area contributed by atoms with Gasteiger partial charge in [-0.25, -0.2) is 8.42 Å². The number of hydrogen-bond donors (Lipinski definition) is 1. The molecule has 1 N–H and O–H groups in total. The van der Waals surface area contributed by atoms with Crippen molar-refractivity contribution < 1.29 is 13.2 Å². The fraction of sp³-hybridized carbons (Fsp3) is 0.105. The summed E-state index contributed by atoms with van der Waals surface area (Å²) in [7, 11) is -3.94. The van der Waals surface area contributed by atoms with Crippen LogP contribution in [0.2, 0.25) is 0 Å². The fourth-order valence-corrected chi connectivity index (χ4v) is 6.03. The third-order valence-corrected chi connectivity index (χ3v) is 7.71. The van der Waals surface area contributed by atoms with Crippen LogP contribution < -0.4 is 9.62 Å². The minimum absolute atomic E-state index is 0.183. The van der Waals surface area contributed by atoms with Crippen molar-refractivity contribution in [2.75, 3.05) is 4.31 Å². The van der Waals surface area contributed by atoms with Crippen molar-refractivity contribution in [2.45, 2.75) is 13.1 Å². The van der Waals surface area contributed by atoms with Gasteiger partial charge in [0, 0.05) is 17.6 Å². The molecule has 1 aliphatic heterocycles. The monoisotopic (exact) mass is 416 g/mol. The van der Waals surface area contributed by atoms with E-state index in [2.05, 4.69) is 5.32 Å². The van der Waals surface area contributed by atoms with Crippen molar-refractivity contribution in [1.29, 1.82) is 0 Å². The standard InChI is InChI=1S/C19H16N2O3S3/c22-18-17(12-20-11-15-7-4-9-25-15)27(23,24)21(16-8-10-26-19(16)18)13-14-5-2-1-3-6-14/h1-10,12,20H,11,13H2. The maximum Gasteiger partial charge on any atom is 0.270 e. The van der Waals surface area contributed by atoms with Crippen LogP contribution in [0.5, 0.6) is 0 Å². The Labute approximate surface area is 165 Å². The minimum Gasteiger partial charge on any atom is -0.385 e. The van der Waals surface area contributed by atoms with E-state index in [0.717, 1.165) is 10.4 Å². The Hall–Kier alpha value is -2.42. The molecule has 0 fully saturated rings. The summed E-state index contributed by atoms with van der Waals surface area (Å²) >= 11 is 2.83. The lowest BCUT2D eigenvalue weighted by molar-refractivity contribution is 0.104. The summed E-state index contributed by atoms with van der Waals surface area (Å²) in [5, 5.41) is 6.68. The summed E-state index contributed by atoms with van der Waals surface area (Å²) in [6.45, 7) is 0.655. The average Bonchev–Trinajstić information content (AvgIpc) is 3.34. The molecule has 8 heteroatoms. The van der Waals surface area contributed by atoms with Crippen LogP contribution in [0.25, 0.3) is 0 Å². The van der Waals surface area contributed by atoms with Gasteiger partial charge in [0.1, 0.15) is 4.88 Å². The maximum atomic E-state index is 13.2. The van der Waals surface area contributed by atoms with Crippen LogP contribution in [0.3, 0.4) is 0 Å². The first-order valence-corrected chi connectivity index (χ1v) is 11.4. The lowest BCUT2D eigenvalue weighted by atomic mass is 10.2. The predicted molar refractivity (Wildman–Crippen MR) is 109 cm³/mol. The van der Waals surface area contributed by atoms with Crippen LogP contribution in [-0.4, -0.2) is 14.2 Å². The quantitative estimate of drug-likeness (QED) is 0.639. The second-order valence-corrected chi connectivity index (χ2v) is 9.71. The molecule has 2 aromatic heterocycles. The average molecular weight is 417 g/mol. The summed E-state index contributed by atoms with van der Waals surface area (Å²) in [5.41, 5.74) is 1.31. The molecule has 0 aliphatic carbocycles. The zero-order valence-corrected chi connectivity index (χ0v) is 16.6. The number of nitrogens with zero attached hydrogens (tertiary/aromatic N) is 1. The van der Waals surface area contributed by atoms with Gasteiger partial charge < -0.3 is 5.32 Å². The molecule has 0 radical (unpaired) electrons. The first kappa shape index (κ1) is 18.0. The van der Waals surface area contributed by atoms with Crippen molar-refractivity contribution in [3.05, 3.63) is 85.7 Å². The Morgan fingerprint density at radius 3 is 2.56 bits per heavy atom. The van der Waals surface area contributed by atoms with E-state index in [1.165, 1.54) is 21.8 Å². The molecule has 0 spiro atoms. The lowest BCUT2D eigenvalue weighted by Crippen LogP contribution is -2.38. The SMILES string of the molecule is O=C1C(=CNCc2cccs2)S(=O)(=O)N(Cc2ccccc2)c2ccsc21. The van der Waals surface area contributed by atoms with Gasteiger partial charge in [-0.15, -0.1) is 22.7 Å². The van der Waals surface area contributed by atoms with Crippen molar-refractivity contribution in [3.8, 4) is 0 Å². The number of anilines is 1. The number of ketones is 1. The molecule has 27 heavy (non-hydrogen) atoms. The molecule has 0 saturated carbocycles. The van der Waals surface area contributed by atoms with Gasteiger partial charge in [0.25, 0.3) is 10.0 Å². The smallest absolute Gasteiger partial charge is 0.270 e. The van der Waals surface area contributed by atoms with E-state index in [0.29, 0.717) is 17.1 Å². The van der Waals surface area contributed by atoms with Gasteiger partial charge in [-0.3, -0.25) is 9.10 Å². The summed E-state index contributed by atoms with van der Waals surface area (Å²) in [5.74, 6) is -0.456. The Morgan fingerprint density at radius 2 is 1.81 bits per heavy atom. The predicted octanol–water partition coefficient (Wildman–Crippen LogP) is 3.97. The molecular weight excluding hydrogens is 400 g/mol. The summed E-state index contributed by atoms with van der Waals surface area (Å²) in [6.07, 6.45) is 1.33. The molecule has 0 bridgehead atoms. The van der Waals surface area contributed by atoms with Crippen LogP contribution in [0, 0.1) is 0 Å². The third kappa shape index (κ3) is 3.43. The number of rotatable bonds is 5. The number of Topliss-reactive ketones (excluding diaryl/α,β-unsaturated/α-hetero) is 1. The van der Waals surface area contributed by atoms with Gasteiger partial charge >= 0.3 is 0 Å². The molecule has 0 atom stereocenters. The van der Waals surface area contributed by atoms with Crippen LogP contribution in [0.15, 0.2) is 70.4 Å². The topological polar surface area (TPSA) is 66.5 Å². The number of carbonyl (C=O) groups is 1. The van der Waals surface area contributed by atoms with Gasteiger partial charge in [0.2, 0.25) is 5.78 Å². The van der Waals surface area contributed by atoms with Gasteiger partial charge in [-0.05, 0) is 28.5 Å². The molecule has 5 nitrogen and oxygen atoms in total. The fourth-order valence-electron chi connectivity index (χ4n) is 2.86. The molecule has 3 heterocycles. The number of thiophene rings is 2. The largest absolute Gasteiger partial charge is 0.385 e. The van der Waals surface area contributed by atoms with E-state index in [4.69, 9.17) is 0 Å².